The first kappa shape index (κ1) is 18.7. The summed E-state index contributed by atoms with van der Waals surface area (Å²) in [6, 6.07) is 8.91. The van der Waals surface area contributed by atoms with Crippen molar-refractivity contribution >= 4 is 23.2 Å². The standard InChI is InChI=1S/C20H22ClN5O2/c1-13-5-4-8-24(11-13)18(27)12-25-20(28)26-17(23-25)9-14(2)22-19(26)15-6-3-7-16(21)10-15/h3,6-7,9-10,13H,4-5,8,11-12H2,1-2H3. The predicted molar refractivity (Wildman–Crippen MR) is 107 cm³/mol. The third-order valence-corrected chi connectivity index (χ3v) is 5.31. The maximum atomic E-state index is 13.0. The van der Waals surface area contributed by atoms with E-state index in [1.807, 2.05) is 24.0 Å². The Morgan fingerprint density at radius 3 is 2.89 bits per heavy atom. The number of hydrogen-bond acceptors (Lipinski definition) is 4. The zero-order valence-corrected chi connectivity index (χ0v) is 16.7. The van der Waals surface area contributed by atoms with Crippen LogP contribution in [-0.2, 0) is 11.3 Å². The molecule has 1 amide bonds. The molecule has 2 aromatic heterocycles. The van der Waals surface area contributed by atoms with Crippen molar-refractivity contribution in [3.05, 3.63) is 51.5 Å². The van der Waals surface area contributed by atoms with Gasteiger partial charge in [0.25, 0.3) is 0 Å². The summed E-state index contributed by atoms with van der Waals surface area (Å²) in [5.41, 5.74) is 1.54. The van der Waals surface area contributed by atoms with Crippen molar-refractivity contribution in [2.75, 3.05) is 13.1 Å². The van der Waals surface area contributed by atoms with Crippen LogP contribution in [0.15, 0.2) is 35.1 Å². The molecule has 1 aliphatic rings. The fraction of sp³-hybridized carbons (Fsp3) is 0.400. The molecule has 8 heteroatoms. The third kappa shape index (κ3) is 3.54. The minimum atomic E-state index is -0.379. The molecule has 3 aromatic rings. The number of hydrogen-bond donors (Lipinski definition) is 0. The van der Waals surface area contributed by atoms with Gasteiger partial charge in [-0.25, -0.2) is 18.9 Å². The minimum Gasteiger partial charge on any atom is -0.341 e. The molecule has 0 saturated carbocycles. The monoisotopic (exact) mass is 399 g/mol. The molecule has 7 nitrogen and oxygen atoms in total. The molecule has 1 aliphatic heterocycles. The molecule has 0 aliphatic carbocycles. The van der Waals surface area contributed by atoms with Crippen LogP contribution < -0.4 is 5.69 Å². The molecule has 1 fully saturated rings. The SMILES string of the molecule is Cc1cc2nn(CC(=O)N3CCCC(C)C3)c(=O)n2c(-c2cccc(Cl)c2)n1. The molecule has 1 aromatic carbocycles. The van der Waals surface area contributed by atoms with Gasteiger partial charge in [0, 0.05) is 35.4 Å². The lowest BCUT2D eigenvalue weighted by Gasteiger charge is -2.30. The molecule has 1 saturated heterocycles. The van der Waals surface area contributed by atoms with E-state index in [2.05, 4.69) is 17.0 Å². The number of piperidine rings is 1. The highest BCUT2D eigenvalue weighted by molar-refractivity contribution is 6.30. The number of aryl methyl sites for hydroxylation is 1. The van der Waals surface area contributed by atoms with Crippen molar-refractivity contribution in [3.63, 3.8) is 0 Å². The normalized spacial score (nSPS) is 17.2. The Labute approximate surface area is 167 Å². The van der Waals surface area contributed by atoms with Gasteiger partial charge in [-0.3, -0.25) is 4.79 Å². The summed E-state index contributed by atoms with van der Waals surface area (Å²) >= 11 is 6.11. The fourth-order valence-electron chi connectivity index (χ4n) is 3.72. The van der Waals surface area contributed by atoms with Crippen molar-refractivity contribution in [3.8, 4) is 11.4 Å². The second-order valence-corrected chi connectivity index (χ2v) is 7.89. The van der Waals surface area contributed by atoms with Crippen molar-refractivity contribution in [1.29, 1.82) is 0 Å². The lowest BCUT2D eigenvalue weighted by atomic mass is 10.0. The van der Waals surface area contributed by atoms with E-state index in [1.54, 1.807) is 18.2 Å². The average molecular weight is 400 g/mol. The van der Waals surface area contributed by atoms with Crippen LogP contribution in [0.1, 0.15) is 25.5 Å². The second-order valence-electron chi connectivity index (χ2n) is 7.45. The quantitative estimate of drug-likeness (QED) is 0.678. The summed E-state index contributed by atoms with van der Waals surface area (Å²) in [6.45, 7) is 5.39. The van der Waals surface area contributed by atoms with Crippen LogP contribution in [-0.4, -0.2) is 43.1 Å². The first-order chi connectivity index (χ1) is 13.4. The van der Waals surface area contributed by atoms with Crippen LogP contribution in [0.4, 0.5) is 0 Å². The highest BCUT2D eigenvalue weighted by Crippen LogP contribution is 2.21. The smallest absolute Gasteiger partial charge is 0.341 e. The average Bonchev–Trinajstić information content (AvgIpc) is 2.96. The molecular formula is C20H22ClN5O2. The topological polar surface area (TPSA) is 72.5 Å². The Kier molecular flexibility index (Phi) is 4.93. The Bertz CT molecular complexity index is 1100. The van der Waals surface area contributed by atoms with E-state index in [0.717, 1.165) is 37.2 Å². The highest BCUT2D eigenvalue weighted by Gasteiger charge is 2.23. The highest BCUT2D eigenvalue weighted by atomic mass is 35.5. The number of nitrogens with zero attached hydrogens (tertiary/aromatic N) is 5. The number of fused-ring (bicyclic) bond motifs is 1. The first-order valence-electron chi connectivity index (χ1n) is 9.43. The lowest BCUT2D eigenvalue weighted by molar-refractivity contribution is -0.133. The van der Waals surface area contributed by atoms with E-state index >= 15 is 0 Å². The van der Waals surface area contributed by atoms with E-state index in [4.69, 9.17) is 11.6 Å². The van der Waals surface area contributed by atoms with Gasteiger partial charge in [0.15, 0.2) is 5.65 Å². The van der Waals surface area contributed by atoms with Gasteiger partial charge >= 0.3 is 5.69 Å². The largest absolute Gasteiger partial charge is 0.352 e. The molecule has 4 rings (SSSR count). The Balaban J connectivity index is 1.74. The molecule has 0 radical (unpaired) electrons. The summed E-state index contributed by atoms with van der Waals surface area (Å²) in [5, 5.41) is 4.94. The molecule has 3 heterocycles. The number of aromatic nitrogens is 4. The van der Waals surface area contributed by atoms with Crippen LogP contribution in [0.25, 0.3) is 17.0 Å². The van der Waals surface area contributed by atoms with Crippen molar-refractivity contribution < 1.29 is 4.79 Å². The summed E-state index contributed by atoms with van der Waals surface area (Å²) in [6.07, 6.45) is 2.13. The van der Waals surface area contributed by atoms with Crippen LogP contribution in [0.5, 0.6) is 0 Å². The number of rotatable bonds is 3. The van der Waals surface area contributed by atoms with Crippen LogP contribution in [0.2, 0.25) is 5.02 Å². The molecule has 0 bridgehead atoms. The maximum absolute atomic E-state index is 13.0. The number of likely N-dealkylation sites (tertiary alicyclic amines) is 1. The molecule has 28 heavy (non-hydrogen) atoms. The molecule has 1 unspecified atom stereocenters. The van der Waals surface area contributed by atoms with Crippen LogP contribution in [0, 0.1) is 12.8 Å². The Morgan fingerprint density at radius 1 is 1.32 bits per heavy atom. The van der Waals surface area contributed by atoms with Gasteiger partial charge in [0.2, 0.25) is 5.91 Å². The first-order valence-corrected chi connectivity index (χ1v) is 9.81. The summed E-state index contributed by atoms with van der Waals surface area (Å²) in [7, 11) is 0. The van der Waals surface area contributed by atoms with Gasteiger partial charge in [0.05, 0.1) is 0 Å². The number of carbonyl (C=O) groups is 1. The third-order valence-electron chi connectivity index (χ3n) is 5.07. The van der Waals surface area contributed by atoms with Crippen molar-refractivity contribution in [2.24, 2.45) is 5.92 Å². The van der Waals surface area contributed by atoms with E-state index in [0.29, 0.717) is 22.4 Å². The van der Waals surface area contributed by atoms with Gasteiger partial charge in [-0.2, -0.15) is 0 Å². The summed E-state index contributed by atoms with van der Waals surface area (Å²) in [5.74, 6) is 0.871. The maximum Gasteiger partial charge on any atom is 0.352 e. The zero-order chi connectivity index (χ0) is 19.8. The number of halogens is 1. The predicted octanol–water partition coefficient (Wildman–Crippen LogP) is 2.78. The Morgan fingerprint density at radius 2 is 2.14 bits per heavy atom. The van der Waals surface area contributed by atoms with Gasteiger partial charge in [-0.1, -0.05) is 30.7 Å². The lowest BCUT2D eigenvalue weighted by Crippen LogP contribution is -2.42. The van der Waals surface area contributed by atoms with Gasteiger partial charge < -0.3 is 4.90 Å². The number of benzene rings is 1. The van der Waals surface area contributed by atoms with Crippen molar-refractivity contribution in [1.82, 2.24) is 24.1 Å². The molecule has 146 valence electrons. The van der Waals surface area contributed by atoms with E-state index < -0.39 is 0 Å². The van der Waals surface area contributed by atoms with Crippen LogP contribution >= 0.6 is 11.6 Å². The van der Waals surface area contributed by atoms with Crippen LogP contribution in [0.3, 0.4) is 0 Å². The number of carbonyl (C=O) groups excluding carboxylic acids is 1. The second kappa shape index (κ2) is 7.39. The zero-order valence-electron chi connectivity index (χ0n) is 15.9. The Hall–Kier alpha value is -2.67. The van der Waals surface area contributed by atoms with Gasteiger partial charge in [-0.05, 0) is 37.8 Å². The molecule has 0 spiro atoms. The van der Waals surface area contributed by atoms with E-state index in [-0.39, 0.29) is 18.1 Å². The van der Waals surface area contributed by atoms with E-state index in [1.165, 1.54) is 9.08 Å². The van der Waals surface area contributed by atoms with Gasteiger partial charge in [0.1, 0.15) is 12.4 Å². The summed E-state index contributed by atoms with van der Waals surface area (Å²) < 4.78 is 2.66. The molecular weight excluding hydrogens is 378 g/mol. The molecule has 0 N–H and O–H groups in total. The minimum absolute atomic E-state index is 0.0682. The van der Waals surface area contributed by atoms with Gasteiger partial charge in [-0.15, -0.1) is 5.10 Å². The van der Waals surface area contributed by atoms with Crippen molar-refractivity contribution in [2.45, 2.75) is 33.2 Å². The fourth-order valence-corrected chi connectivity index (χ4v) is 3.91. The molecule has 1 atom stereocenters. The number of amides is 1. The summed E-state index contributed by atoms with van der Waals surface area (Å²) in [4.78, 5) is 32.1. The van der Waals surface area contributed by atoms with E-state index in [9.17, 15) is 9.59 Å².